The number of aromatic nitrogens is 1. The molecule has 1 fully saturated rings. The first kappa shape index (κ1) is 16.7. The summed E-state index contributed by atoms with van der Waals surface area (Å²) in [5, 5.41) is 6.24. The molecule has 3 rings (SSSR count). The molecule has 2 unspecified atom stereocenters. The van der Waals surface area contributed by atoms with Crippen LogP contribution in [0.4, 0.5) is 5.69 Å². The summed E-state index contributed by atoms with van der Waals surface area (Å²) in [6.07, 6.45) is 2.18. The zero-order chi connectivity index (χ0) is 17.1. The number of nitrogens with one attached hydrogen (secondary N) is 2. The summed E-state index contributed by atoms with van der Waals surface area (Å²) in [7, 11) is 0. The van der Waals surface area contributed by atoms with Crippen molar-refractivity contribution in [3.63, 3.8) is 0 Å². The minimum absolute atomic E-state index is 0.147. The number of hydrogen-bond donors (Lipinski definition) is 2. The Kier molecular flexibility index (Phi) is 5.02. The van der Waals surface area contributed by atoms with Gasteiger partial charge in [-0.15, -0.1) is 0 Å². The number of anilines is 1. The van der Waals surface area contributed by atoms with Crippen molar-refractivity contribution in [3.05, 3.63) is 58.3 Å². The van der Waals surface area contributed by atoms with Crippen molar-refractivity contribution in [2.24, 2.45) is 11.8 Å². The first-order valence-corrected chi connectivity index (χ1v) is 8.24. The minimum Gasteiger partial charge on any atom is -0.350 e. The number of carbonyl (C=O) groups is 2. The highest BCUT2D eigenvalue weighted by molar-refractivity contribution is 6.39. The van der Waals surface area contributed by atoms with Gasteiger partial charge in [0.15, 0.2) is 0 Å². The normalized spacial score (nSPS) is 18.8. The van der Waals surface area contributed by atoms with Crippen molar-refractivity contribution in [1.29, 1.82) is 0 Å². The first-order valence-electron chi connectivity index (χ1n) is 7.48. The molecule has 24 heavy (non-hydrogen) atoms. The van der Waals surface area contributed by atoms with Gasteiger partial charge in [0, 0.05) is 6.20 Å². The van der Waals surface area contributed by atoms with Crippen molar-refractivity contribution in [3.8, 4) is 0 Å². The zero-order valence-corrected chi connectivity index (χ0v) is 14.1. The van der Waals surface area contributed by atoms with Gasteiger partial charge in [0.05, 0.1) is 39.8 Å². The molecule has 2 N–H and O–H groups in total. The predicted octanol–water partition coefficient (Wildman–Crippen LogP) is 3.28. The van der Waals surface area contributed by atoms with Crippen molar-refractivity contribution in [2.75, 3.05) is 5.32 Å². The summed E-state index contributed by atoms with van der Waals surface area (Å²) in [6.45, 7) is 0.348. The maximum absolute atomic E-state index is 12.2. The van der Waals surface area contributed by atoms with E-state index in [-0.39, 0.29) is 23.7 Å². The maximum atomic E-state index is 12.2. The van der Waals surface area contributed by atoms with Crippen LogP contribution >= 0.6 is 23.2 Å². The quantitative estimate of drug-likeness (QED) is 0.855. The molecule has 2 amide bonds. The smallest absolute Gasteiger partial charge is 0.228 e. The van der Waals surface area contributed by atoms with Crippen LogP contribution in [-0.4, -0.2) is 16.8 Å². The molecule has 1 aliphatic rings. The third-order valence-electron chi connectivity index (χ3n) is 3.84. The van der Waals surface area contributed by atoms with Crippen LogP contribution < -0.4 is 10.6 Å². The Labute approximate surface area is 149 Å². The van der Waals surface area contributed by atoms with Crippen LogP contribution in [0.1, 0.15) is 12.1 Å². The Morgan fingerprint density at radius 3 is 2.42 bits per heavy atom. The van der Waals surface area contributed by atoms with Crippen LogP contribution in [0.25, 0.3) is 0 Å². The van der Waals surface area contributed by atoms with Crippen LogP contribution in [0, 0.1) is 11.8 Å². The largest absolute Gasteiger partial charge is 0.350 e. The summed E-state index contributed by atoms with van der Waals surface area (Å²) in [5.41, 5.74) is 1.15. The molecule has 1 saturated carbocycles. The molecule has 5 nitrogen and oxygen atoms in total. The Morgan fingerprint density at radius 2 is 1.75 bits per heavy atom. The van der Waals surface area contributed by atoms with E-state index in [9.17, 15) is 9.59 Å². The monoisotopic (exact) mass is 363 g/mol. The molecular weight excluding hydrogens is 349 g/mol. The van der Waals surface area contributed by atoms with Crippen LogP contribution in [-0.2, 0) is 16.1 Å². The lowest BCUT2D eigenvalue weighted by Gasteiger charge is -2.09. The van der Waals surface area contributed by atoms with E-state index in [2.05, 4.69) is 15.6 Å². The molecule has 0 bridgehead atoms. The highest BCUT2D eigenvalue weighted by Crippen LogP contribution is 2.40. The minimum atomic E-state index is -0.360. The summed E-state index contributed by atoms with van der Waals surface area (Å²) in [4.78, 5) is 28.5. The summed E-state index contributed by atoms with van der Waals surface area (Å²) >= 11 is 12.1. The first-order chi connectivity index (χ1) is 11.6. The number of rotatable bonds is 5. The topological polar surface area (TPSA) is 71.1 Å². The molecule has 1 aromatic heterocycles. The number of benzene rings is 1. The number of carbonyl (C=O) groups excluding carboxylic acids is 2. The average molecular weight is 364 g/mol. The molecule has 0 aliphatic heterocycles. The molecule has 1 aromatic carbocycles. The van der Waals surface area contributed by atoms with E-state index in [1.807, 2.05) is 18.2 Å². The maximum Gasteiger partial charge on any atom is 0.228 e. The molecule has 2 aromatic rings. The molecule has 0 spiro atoms. The van der Waals surface area contributed by atoms with Crippen LogP contribution in [0.3, 0.4) is 0 Å². The molecule has 7 heteroatoms. The Morgan fingerprint density at radius 1 is 1.04 bits per heavy atom. The van der Waals surface area contributed by atoms with Crippen molar-refractivity contribution >= 4 is 40.7 Å². The predicted molar refractivity (Wildman–Crippen MR) is 92.8 cm³/mol. The fourth-order valence-corrected chi connectivity index (χ4v) is 2.91. The van der Waals surface area contributed by atoms with Gasteiger partial charge in [-0.3, -0.25) is 14.6 Å². The fraction of sp³-hybridized carbons (Fsp3) is 0.235. The van der Waals surface area contributed by atoms with Gasteiger partial charge in [-0.1, -0.05) is 35.3 Å². The van der Waals surface area contributed by atoms with Crippen molar-refractivity contribution in [2.45, 2.75) is 13.0 Å². The van der Waals surface area contributed by atoms with Crippen molar-refractivity contribution in [1.82, 2.24) is 10.3 Å². The SMILES string of the molecule is O=C(NCc1ccccn1)C1CC1C(=O)Nc1c(Cl)cccc1Cl. The van der Waals surface area contributed by atoms with E-state index in [0.29, 0.717) is 28.7 Å². The summed E-state index contributed by atoms with van der Waals surface area (Å²) in [5.74, 6) is -1.08. The molecule has 1 heterocycles. The number of halogens is 2. The Balaban J connectivity index is 1.53. The van der Waals surface area contributed by atoms with Gasteiger partial charge in [0.2, 0.25) is 11.8 Å². The number of para-hydroxylation sites is 1. The van der Waals surface area contributed by atoms with E-state index in [0.717, 1.165) is 5.69 Å². The van der Waals surface area contributed by atoms with Crippen LogP contribution in [0.2, 0.25) is 10.0 Å². The second-order valence-electron chi connectivity index (χ2n) is 5.57. The van der Waals surface area contributed by atoms with E-state index in [1.165, 1.54) is 0 Å². The molecule has 2 atom stereocenters. The van der Waals surface area contributed by atoms with E-state index in [4.69, 9.17) is 23.2 Å². The Bertz CT molecular complexity index is 747. The van der Waals surface area contributed by atoms with Gasteiger partial charge in [0.1, 0.15) is 0 Å². The van der Waals surface area contributed by atoms with E-state index < -0.39 is 0 Å². The Hall–Kier alpha value is -2.11. The summed E-state index contributed by atoms with van der Waals surface area (Å²) < 4.78 is 0. The van der Waals surface area contributed by atoms with Gasteiger partial charge in [-0.2, -0.15) is 0 Å². The molecule has 1 aliphatic carbocycles. The highest BCUT2D eigenvalue weighted by atomic mass is 35.5. The van der Waals surface area contributed by atoms with Gasteiger partial charge in [0.25, 0.3) is 0 Å². The lowest BCUT2D eigenvalue weighted by molar-refractivity contribution is -0.125. The fourth-order valence-electron chi connectivity index (χ4n) is 2.42. The number of nitrogens with zero attached hydrogens (tertiary/aromatic N) is 1. The second-order valence-corrected chi connectivity index (χ2v) is 6.39. The summed E-state index contributed by atoms with van der Waals surface area (Å²) in [6, 6.07) is 10.5. The van der Waals surface area contributed by atoms with Crippen LogP contribution in [0.15, 0.2) is 42.6 Å². The van der Waals surface area contributed by atoms with Gasteiger partial charge >= 0.3 is 0 Å². The lowest BCUT2D eigenvalue weighted by atomic mass is 10.2. The van der Waals surface area contributed by atoms with E-state index in [1.54, 1.807) is 24.4 Å². The van der Waals surface area contributed by atoms with Gasteiger partial charge < -0.3 is 10.6 Å². The third-order valence-corrected chi connectivity index (χ3v) is 4.47. The molecule has 0 saturated heterocycles. The van der Waals surface area contributed by atoms with E-state index >= 15 is 0 Å². The number of pyridine rings is 1. The van der Waals surface area contributed by atoms with Gasteiger partial charge in [-0.05, 0) is 30.7 Å². The van der Waals surface area contributed by atoms with Gasteiger partial charge in [-0.25, -0.2) is 0 Å². The molecular formula is C17H15Cl2N3O2. The zero-order valence-electron chi connectivity index (χ0n) is 12.6. The number of amides is 2. The average Bonchev–Trinajstić information content (AvgIpc) is 3.38. The van der Waals surface area contributed by atoms with Crippen LogP contribution in [0.5, 0.6) is 0 Å². The van der Waals surface area contributed by atoms with Crippen molar-refractivity contribution < 1.29 is 9.59 Å². The molecule has 0 radical (unpaired) electrons. The lowest BCUT2D eigenvalue weighted by Crippen LogP contribution is -2.27. The highest BCUT2D eigenvalue weighted by Gasteiger charge is 2.48. The second kappa shape index (κ2) is 7.20. The standard InChI is InChI=1S/C17H15Cl2N3O2/c18-13-5-3-6-14(19)15(13)22-17(24)12-8-11(12)16(23)21-9-10-4-1-2-7-20-10/h1-7,11-12H,8-9H2,(H,21,23)(H,22,24). The molecule has 124 valence electrons. The number of hydrogen-bond acceptors (Lipinski definition) is 3. The third kappa shape index (κ3) is 3.86.